The van der Waals surface area contributed by atoms with Crippen molar-refractivity contribution in [2.24, 2.45) is 5.92 Å². The number of amides is 1. The first kappa shape index (κ1) is 26.2. The van der Waals surface area contributed by atoms with E-state index in [1.54, 1.807) is 21.0 Å². The lowest BCUT2D eigenvalue weighted by molar-refractivity contribution is -0.144. The van der Waals surface area contributed by atoms with Crippen LogP contribution in [0, 0.1) is 19.8 Å². The third kappa shape index (κ3) is 6.20. The van der Waals surface area contributed by atoms with E-state index in [0.717, 1.165) is 10.1 Å². The zero-order valence-corrected chi connectivity index (χ0v) is 20.7. The van der Waals surface area contributed by atoms with E-state index in [2.05, 4.69) is 34.2 Å². The first-order chi connectivity index (χ1) is 16.4. The molecule has 1 unspecified atom stereocenters. The predicted octanol–water partition coefficient (Wildman–Crippen LogP) is 4.61. The molecule has 0 aliphatic heterocycles. The Hall–Kier alpha value is -3.37. The number of alkyl halides is 3. The first-order valence-corrected chi connectivity index (χ1v) is 11.3. The summed E-state index contributed by atoms with van der Waals surface area (Å²) in [6.45, 7) is 9.86. The molecule has 3 rings (SSSR count). The summed E-state index contributed by atoms with van der Waals surface area (Å²) in [6, 6.07) is 5.23. The molecule has 0 saturated carbocycles. The molecular formula is C24H30F3N5O3. The van der Waals surface area contributed by atoms with Crippen molar-refractivity contribution >= 4 is 11.7 Å². The van der Waals surface area contributed by atoms with Crippen LogP contribution in [-0.2, 0) is 17.4 Å². The molecule has 0 bridgehead atoms. The molecule has 1 atom stereocenters. The number of carbonyl (C=O) groups excluding carboxylic acids is 1. The summed E-state index contributed by atoms with van der Waals surface area (Å²) in [6.07, 6.45) is -4.23. The van der Waals surface area contributed by atoms with E-state index in [1.807, 2.05) is 25.1 Å². The molecule has 8 nitrogen and oxygen atoms in total. The standard InChI is InChI=1S/C24H30F3N5O3/c1-13(2)12-35-19-9-7-17(11-20(19)34-6)14(3)28-21(33)10-8-18-15(4)29-23-30-22(24(25,26)27)31-32(23)16(18)5/h7,9,11,13-14H,8,10,12H2,1-6H3,(H,28,33). The van der Waals surface area contributed by atoms with Gasteiger partial charge in [-0.3, -0.25) is 4.79 Å². The van der Waals surface area contributed by atoms with Crippen LogP contribution in [-0.4, -0.2) is 39.2 Å². The quantitative estimate of drug-likeness (QED) is 0.468. The minimum atomic E-state index is -4.66. The van der Waals surface area contributed by atoms with Gasteiger partial charge >= 0.3 is 6.18 Å². The number of ether oxygens (including phenoxy) is 2. The van der Waals surface area contributed by atoms with Crippen molar-refractivity contribution in [1.29, 1.82) is 0 Å². The van der Waals surface area contributed by atoms with Crippen molar-refractivity contribution < 1.29 is 27.4 Å². The van der Waals surface area contributed by atoms with Crippen LogP contribution in [0.2, 0.25) is 0 Å². The smallest absolute Gasteiger partial charge is 0.453 e. The average molecular weight is 494 g/mol. The van der Waals surface area contributed by atoms with Crippen LogP contribution < -0.4 is 14.8 Å². The Morgan fingerprint density at radius 3 is 2.49 bits per heavy atom. The summed E-state index contributed by atoms with van der Waals surface area (Å²) in [7, 11) is 1.56. The maximum atomic E-state index is 13.0. The lowest BCUT2D eigenvalue weighted by Gasteiger charge is -2.18. The predicted molar refractivity (Wildman–Crippen MR) is 123 cm³/mol. The fraction of sp³-hybridized carbons (Fsp3) is 0.500. The van der Waals surface area contributed by atoms with E-state index in [-0.39, 0.29) is 24.1 Å². The van der Waals surface area contributed by atoms with Crippen molar-refractivity contribution in [2.75, 3.05) is 13.7 Å². The van der Waals surface area contributed by atoms with Crippen LogP contribution in [0.4, 0.5) is 13.2 Å². The highest BCUT2D eigenvalue weighted by Gasteiger charge is 2.37. The highest BCUT2D eigenvalue weighted by molar-refractivity contribution is 5.76. The number of carbonyl (C=O) groups is 1. The highest BCUT2D eigenvalue weighted by Crippen LogP contribution is 2.31. The molecule has 190 valence electrons. The summed E-state index contributed by atoms with van der Waals surface area (Å²) in [5, 5.41) is 6.49. The van der Waals surface area contributed by atoms with E-state index >= 15 is 0 Å². The molecule has 2 aromatic heterocycles. The van der Waals surface area contributed by atoms with Crippen LogP contribution in [0.1, 0.15) is 61.6 Å². The van der Waals surface area contributed by atoms with E-state index in [1.165, 1.54) is 0 Å². The van der Waals surface area contributed by atoms with E-state index in [4.69, 9.17) is 9.47 Å². The van der Waals surface area contributed by atoms with Gasteiger partial charge < -0.3 is 14.8 Å². The number of halogens is 3. The van der Waals surface area contributed by atoms with Crippen LogP contribution in [0.3, 0.4) is 0 Å². The van der Waals surface area contributed by atoms with Gasteiger partial charge in [0.1, 0.15) is 0 Å². The molecule has 35 heavy (non-hydrogen) atoms. The van der Waals surface area contributed by atoms with Crippen LogP contribution >= 0.6 is 0 Å². The van der Waals surface area contributed by atoms with E-state index in [0.29, 0.717) is 47.4 Å². The molecule has 0 spiro atoms. The summed E-state index contributed by atoms with van der Waals surface area (Å²) >= 11 is 0. The molecule has 0 saturated heterocycles. The third-order valence-electron chi connectivity index (χ3n) is 5.54. The second-order valence-electron chi connectivity index (χ2n) is 8.81. The van der Waals surface area contributed by atoms with Gasteiger partial charge in [-0.25, -0.2) is 9.50 Å². The van der Waals surface area contributed by atoms with Gasteiger partial charge in [0.15, 0.2) is 11.5 Å². The third-order valence-corrected chi connectivity index (χ3v) is 5.54. The maximum Gasteiger partial charge on any atom is 0.453 e. The molecule has 0 aliphatic carbocycles. The first-order valence-electron chi connectivity index (χ1n) is 11.3. The Morgan fingerprint density at radius 1 is 1.14 bits per heavy atom. The maximum absolute atomic E-state index is 13.0. The monoisotopic (exact) mass is 493 g/mol. The molecular weight excluding hydrogens is 463 g/mol. The Balaban J connectivity index is 1.68. The molecule has 2 heterocycles. The lowest BCUT2D eigenvalue weighted by Crippen LogP contribution is -2.27. The molecule has 0 fully saturated rings. The molecule has 0 aliphatic rings. The number of rotatable bonds is 9. The lowest BCUT2D eigenvalue weighted by atomic mass is 10.0. The summed E-state index contributed by atoms with van der Waals surface area (Å²) < 4.78 is 51.2. The van der Waals surface area contributed by atoms with Gasteiger partial charge in [-0.15, -0.1) is 5.10 Å². The second kappa shape index (κ2) is 10.5. The van der Waals surface area contributed by atoms with E-state index < -0.39 is 12.0 Å². The molecule has 3 aromatic rings. The summed E-state index contributed by atoms with van der Waals surface area (Å²) in [5.41, 5.74) is 2.49. The number of fused-ring (bicyclic) bond motifs is 1. The molecule has 11 heteroatoms. The van der Waals surface area contributed by atoms with E-state index in [9.17, 15) is 18.0 Å². The summed E-state index contributed by atoms with van der Waals surface area (Å²) in [5.74, 6) is 0.0262. The molecule has 1 aromatic carbocycles. The number of aromatic nitrogens is 4. The zero-order valence-electron chi connectivity index (χ0n) is 20.7. The number of methoxy groups -OCH3 is 1. The fourth-order valence-corrected chi connectivity index (χ4v) is 3.65. The van der Waals surface area contributed by atoms with Gasteiger partial charge in [-0.05, 0) is 56.4 Å². The highest BCUT2D eigenvalue weighted by atomic mass is 19.4. The Bertz CT molecular complexity index is 1210. The van der Waals surface area contributed by atoms with Gasteiger partial charge in [0.25, 0.3) is 11.6 Å². The summed E-state index contributed by atoms with van der Waals surface area (Å²) in [4.78, 5) is 20.3. The minimum absolute atomic E-state index is 0.121. The Morgan fingerprint density at radius 2 is 1.86 bits per heavy atom. The average Bonchev–Trinajstić information content (AvgIpc) is 3.22. The molecule has 0 radical (unpaired) electrons. The van der Waals surface area contributed by atoms with Crippen LogP contribution in [0.25, 0.3) is 5.78 Å². The van der Waals surface area contributed by atoms with Gasteiger partial charge in [0.2, 0.25) is 5.91 Å². The fourth-order valence-electron chi connectivity index (χ4n) is 3.65. The number of nitrogens with zero attached hydrogens (tertiary/aromatic N) is 4. The topological polar surface area (TPSA) is 90.6 Å². The number of nitrogens with one attached hydrogen (secondary N) is 1. The molecule has 1 amide bonds. The minimum Gasteiger partial charge on any atom is -0.493 e. The Labute approximate surface area is 201 Å². The Kier molecular flexibility index (Phi) is 7.86. The number of hydrogen-bond acceptors (Lipinski definition) is 6. The van der Waals surface area contributed by atoms with Crippen molar-refractivity contribution in [3.8, 4) is 11.5 Å². The largest absolute Gasteiger partial charge is 0.493 e. The van der Waals surface area contributed by atoms with Crippen molar-refractivity contribution in [3.63, 3.8) is 0 Å². The van der Waals surface area contributed by atoms with Crippen LogP contribution in [0.15, 0.2) is 18.2 Å². The van der Waals surface area contributed by atoms with Gasteiger partial charge in [-0.1, -0.05) is 19.9 Å². The van der Waals surface area contributed by atoms with Crippen molar-refractivity contribution in [2.45, 2.75) is 59.7 Å². The number of aryl methyl sites for hydroxylation is 2. The van der Waals surface area contributed by atoms with Crippen LogP contribution in [0.5, 0.6) is 11.5 Å². The molecule has 1 N–H and O–H groups in total. The van der Waals surface area contributed by atoms with Gasteiger partial charge in [0, 0.05) is 17.8 Å². The number of hydrogen-bond donors (Lipinski definition) is 1. The van der Waals surface area contributed by atoms with Gasteiger partial charge in [0.05, 0.1) is 19.8 Å². The number of benzene rings is 1. The van der Waals surface area contributed by atoms with Gasteiger partial charge in [-0.2, -0.15) is 18.2 Å². The van der Waals surface area contributed by atoms with Crippen molar-refractivity contribution in [1.82, 2.24) is 24.9 Å². The normalized spacial score (nSPS) is 12.7. The second-order valence-corrected chi connectivity index (χ2v) is 8.81. The SMILES string of the molecule is COc1cc(C(C)NC(=O)CCc2c(C)nc3nc(C(F)(F)F)nn3c2C)ccc1OCC(C)C. The van der Waals surface area contributed by atoms with Crippen molar-refractivity contribution in [3.05, 3.63) is 46.5 Å². The zero-order chi connectivity index (χ0) is 25.9.